The Morgan fingerprint density at radius 2 is 1.88 bits per heavy atom. The fourth-order valence-corrected chi connectivity index (χ4v) is 3.82. The molecule has 0 aliphatic heterocycles. The third kappa shape index (κ3) is 5.55. The van der Waals surface area contributed by atoms with Gasteiger partial charge in [0.15, 0.2) is 5.78 Å². The summed E-state index contributed by atoms with van der Waals surface area (Å²) in [6, 6.07) is 9.64. The van der Waals surface area contributed by atoms with Crippen molar-refractivity contribution in [3.05, 3.63) is 42.0 Å². The molecule has 26 heavy (non-hydrogen) atoms. The molecule has 1 aromatic carbocycles. The van der Waals surface area contributed by atoms with Crippen LogP contribution in [0.4, 0.5) is 0 Å². The van der Waals surface area contributed by atoms with Gasteiger partial charge in [0.25, 0.3) is 0 Å². The molecule has 0 saturated heterocycles. The summed E-state index contributed by atoms with van der Waals surface area (Å²) in [6.45, 7) is 8.45. The fraction of sp³-hybridized carbons (Fsp3) is 0.565. The highest BCUT2D eigenvalue weighted by atomic mass is 16.5. The number of ketones is 1. The van der Waals surface area contributed by atoms with Crippen LogP contribution in [0.1, 0.15) is 58.9 Å². The van der Waals surface area contributed by atoms with Gasteiger partial charge in [-0.3, -0.25) is 9.59 Å². The summed E-state index contributed by atoms with van der Waals surface area (Å²) < 4.78 is 5.87. The van der Waals surface area contributed by atoms with E-state index in [1.54, 1.807) is 6.08 Å². The Morgan fingerprint density at radius 1 is 1.19 bits per heavy atom. The van der Waals surface area contributed by atoms with Crippen molar-refractivity contribution >= 4 is 17.8 Å². The van der Waals surface area contributed by atoms with Gasteiger partial charge in [0.2, 0.25) is 0 Å². The summed E-state index contributed by atoms with van der Waals surface area (Å²) >= 11 is 0. The van der Waals surface area contributed by atoms with E-state index in [2.05, 4.69) is 20.8 Å². The molecule has 142 valence electrons. The van der Waals surface area contributed by atoms with Gasteiger partial charge in [-0.05, 0) is 48.7 Å². The minimum atomic E-state index is -0.708. The molecule has 0 spiro atoms. The van der Waals surface area contributed by atoms with Crippen LogP contribution < -0.4 is 0 Å². The third-order valence-corrected chi connectivity index (χ3v) is 5.50. The van der Waals surface area contributed by atoms with E-state index < -0.39 is 5.92 Å². The van der Waals surface area contributed by atoms with Crippen LogP contribution in [0.3, 0.4) is 0 Å². The SMILES string of the molecule is CCC(C(=O)C=Cc1ccccc1)C(=O)OC1CC(C)CCC1C(C)C. The topological polar surface area (TPSA) is 43.4 Å². The maximum Gasteiger partial charge on any atom is 0.317 e. The van der Waals surface area contributed by atoms with Crippen molar-refractivity contribution in [2.45, 2.75) is 59.5 Å². The number of benzene rings is 1. The van der Waals surface area contributed by atoms with Crippen molar-refractivity contribution in [2.24, 2.45) is 23.7 Å². The van der Waals surface area contributed by atoms with Gasteiger partial charge in [-0.2, -0.15) is 0 Å². The first-order valence-electron chi connectivity index (χ1n) is 9.89. The summed E-state index contributed by atoms with van der Waals surface area (Å²) in [5.41, 5.74) is 0.949. The number of hydrogen-bond donors (Lipinski definition) is 0. The van der Waals surface area contributed by atoms with E-state index in [-0.39, 0.29) is 17.9 Å². The van der Waals surface area contributed by atoms with E-state index in [1.807, 2.05) is 37.3 Å². The van der Waals surface area contributed by atoms with Crippen molar-refractivity contribution in [3.8, 4) is 0 Å². The van der Waals surface area contributed by atoms with E-state index >= 15 is 0 Å². The maximum absolute atomic E-state index is 12.7. The molecule has 3 heteroatoms. The van der Waals surface area contributed by atoms with Gasteiger partial charge in [-0.25, -0.2) is 0 Å². The Kier molecular flexibility index (Phi) is 7.62. The number of rotatable bonds is 7. The first kappa shape index (κ1) is 20.4. The van der Waals surface area contributed by atoms with Crippen molar-refractivity contribution in [2.75, 3.05) is 0 Å². The first-order chi connectivity index (χ1) is 12.4. The Balaban J connectivity index is 2.02. The van der Waals surface area contributed by atoms with Crippen molar-refractivity contribution in [1.82, 2.24) is 0 Å². The van der Waals surface area contributed by atoms with Gasteiger partial charge in [0.05, 0.1) is 0 Å². The lowest BCUT2D eigenvalue weighted by atomic mass is 9.75. The molecule has 1 fully saturated rings. The Bertz CT molecular complexity index is 618. The second-order valence-corrected chi connectivity index (χ2v) is 7.91. The Hall–Kier alpha value is -1.90. The number of hydrogen-bond acceptors (Lipinski definition) is 3. The quantitative estimate of drug-likeness (QED) is 0.378. The van der Waals surface area contributed by atoms with Crippen LogP contribution in [0.5, 0.6) is 0 Å². The molecule has 0 heterocycles. The van der Waals surface area contributed by atoms with Crippen LogP contribution in [0.25, 0.3) is 6.08 Å². The number of carbonyl (C=O) groups is 2. The summed E-state index contributed by atoms with van der Waals surface area (Å²) in [4.78, 5) is 25.2. The molecule has 1 aromatic rings. The summed E-state index contributed by atoms with van der Waals surface area (Å²) in [7, 11) is 0. The number of esters is 1. The van der Waals surface area contributed by atoms with Crippen molar-refractivity contribution < 1.29 is 14.3 Å². The van der Waals surface area contributed by atoms with Crippen LogP contribution in [-0.4, -0.2) is 17.9 Å². The highest BCUT2D eigenvalue weighted by Crippen LogP contribution is 2.35. The molecular formula is C23H32O3. The number of ether oxygens (including phenoxy) is 1. The monoisotopic (exact) mass is 356 g/mol. The zero-order valence-corrected chi connectivity index (χ0v) is 16.5. The standard InChI is InChI=1S/C23H32O3/c1-5-19(21(24)14-12-18-9-7-6-8-10-18)23(25)26-22-15-17(4)11-13-20(22)16(2)3/h6-10,12,14,16-17,19-20,22H,5,11,13,15H2,1-4H3. The van der Waals surface area contributed by atoms with Gasteiger partial charge in [-0.15, -0.1) is 0 Å². The van der Waals surface area contributed by atoms with Crippen molar-refractivity contribution in [3.63, 3.8) is 0 Å². The second kappa shape index (κ2) is 9.70. The number of carbonyl (C=O) groups excluding carboxylic acids is 2. The van der Waals surface area contributed by atoms with Gasteiger partial charge in [0, 0.05) is 0 Å². The van der Waals surface area contributed by atoms with Gasteiger partial charge < -0.3 is 4.74 Å². The number of allylic oxidation sites excluding steroid dienone is 1. The average Bonchev–Trinajstić information content (AvgIpc) is 2.61. The lowest BCUT2D eigenvalue weighted by molar-refractivity contribution is -0.162. The van der Waals surface area contributed by atoms with E-state index in [1.165, 1.54) is 12.5 Å². The lowest BCUT2D eigenvalue weighted by Gasteiger charge is -2.37. The summed E-state index contributed by atoms with van der Waals surface area (Å²) in [5, 5.41) is 0. The zero-order valence-electron chi connectivity index (χ0n) is 16.5. The second-order valence-electron chi connectivity index (χ2n) is 7.91. The minimum Gasteiger partial charge on any atom is -0.462 e. The molecule has 0 N–H and O–H groups in total. The van der Waals surface area contributed by atoms with E-state index in [0.717, 1.165) is 18.4 Å². The summed E-state index contributed by atoms with van der Waals surface area (Å²) in [6.07, 6.45) is 6.85. The molecule has 0 amide bonds. The smallest absolute Gasteiger partial charge is 0.317 e. The lowest BCUT2D eigenvalue weighted by Crippen LogP contribution is -2.38. The van der Waals surface area contributed by atoms with Gasteiger partial charge in [-0.1, -0.05) is 70.5 Å². The van der Waals surface area contributed by atoms with Crippen molar-refractivity contribution in [1.29, 1.82) is 0 Å². The highest BCUT2D eigenvalue weighted by Gasteiger charge is 2.35. The normalized spacial score (nSPS) is 24.6. The molecule has 4 atom stereocenters. The van der Waals surface area contributed by atoms with Crippen LogP contribution in [0, 0.1) is 23.7 Å². The predicted octanol–water partition coefficient (Wildman–Crippen LogP) is 5.30. The largest absolute Gasteiger partial charge is 0.462 e. The molecule has 0 bridgehead atoms. The van der Waals surface area contributed by atoms with Crippen LogP contribution in [0.2, 0.25) is 0 Å². The molecule has 3 nitrogen and oxygen atoms in total. The zero-order chi connectivity index (χ0) is 19.1. The maximum atomic E-state index is 12.7. The fourth-order valence-electron chi connectivity index (χ4n) is 3.82. The Morgan fingerprint density at radius 3 is 2.50 bits per heavy atom. The molecule has 1 aliphatic rings. The van der Waals surface area contributed by atoms with Crippen LogP contribution >= 0.6 is 0 Å². The molecule has 0 radical (unpaired) electrons. The van der Waals surface area contributed by atoms with E-state index in [4.69, 9.17) is 4.74 Å². The first-order valence-corrected chi connectivity index (χ1v) is 9.89. The third-order valence-electron chi connectivity index (χ3n) is 5.50. The van der Waals surface area contributed by atoms with E-state index in [0.29, 0.717) is 24.2 Å². The van der Waals surface area contributed by atoms with Crippen LogP contribution in [-0.2, 0) is 14.3 Å². The summed E-state index contributed by atoms with van der Waals surface area (Å²) in [5.74, 6) is 0.194. The molecule has 2 rings (SSSR count). The molecule has 0 aromatic heterocycles. The van der Waals surface area contributed by atoms with Gasteiger partial charge >= 0.3 is 5.97 Å². The highest BCUT2D eigenvalue weighted by molar-refractivity contribution is 6.06. The molecular weight excluding hydrogens is 324 g/mol. The molecule has 4 unspecified atom stereocenters. The minimum absolute atomic E-state index is 0.0637. The van der Waals surface area contributed by atoms with E-state index in [9.17, 15) is 9.59 Å². The predicted molar refractivity (Wildman–Crippen MR) is 105 cm³/mol. The average molecular weight is 357 g/mol. The Labute approximate surface area is 157 Å². The molecule has 1 saturated carbocycles. The van der Waals surface area contributed by atoms with Gasteiger partial charge in [0.1, 0.15) is 12.0 Å². The molecule has 1 aliphatic carbocycles. The van der Waals surface area contributed by atoms with Crippen LogP contribution in [0.15, 0.2) is 36.4 Å².